The van der Waals surface area contributed by atoms with Crippen molar-refractivity contribution in [3.8, 4) is 0 Å². The van der Waals surface area contributed by atoms with Gasteiger partial charge in [0.25, 0.3) is 0 Å². The summed E-state index contributed by atoms with van der Waals surface area (Å²) in [5.74, 6) is -0.962. The summed E-state index contributed by atoms with van der Waals surface area (Å²) in [5.41, 5.74) is 6.91. The molecule has 7 atom stereocenters. The van der Waals surface area contributed by atoms with Crippen LogP contribution < -0.4 is 16.9 Å². The average Bonchev–Trinajstić information content (AvgIpc) is 3.08. The first-order valence-electron chi connectivity index (χ1n) is 15.2. The van der Waals surface area contributed by atoms with E-state index in [1.807, 2.05) is 0 Å². The van der Waals surface area contributed by atoms with Gasteiger partial charge in [-0.2, -0.15) is 5.90 Å². The van der Waals surface area contributed by atoms with Crippen LogP contribution in [-0.2, 0) is 24.0 Å². The van der Waals surface area contributed by atoms with E-state index in [1.54, 1.807) is 112 Å². The first-order valence-corrected chi connectivity index (χ1v) is 15.2. The van der Waals surface area contributed by atoms with Crippen LogP contribution in [0.2, 0.25) is 0 Å². The van der Waals surface area contributed by atoms with Crippen molar-refractivity contribution in [1.82, 2.24) is 5.32 Å². The lowest BCUT2D eigenvalue weighted by molar-refractivity contribution is -0.156. The molecule has 3 aromatic rings. The van der Waals surface area contributed by atoms with Crippen molar-refractivity contribution in [2.75, 3.05) is 13.2 Å². The van der Waals surface area contributed by atoms with Gasteiger partial charge in [0.1, 0.15) is 24.4 Å². The van der Waals surface area contributed by atoms with Crippen LogP contribution in [0, 0.1) is 5.92 Å². The number of ether oxygens (including phenoxy) is 1. The van der Waals surface area contributed by atoms with Crippen molar-refractivity contribution in [2.24, 2.45) is 17.5 Å². The molecule has 254 valence electrons. The molecule has 0 spiro atoms. The first kappa shape index (κ1) is 37.4. The maximum atomic E-state index is 14.3. The molecule has 12 nitrogen and oxygen atoms in total. The third-order valence-electron chi connectivity index (χ3n) is 7.82. The fourth-order valence-corrected chi connectivity index (χ4v) is 5.40. The summed E-state index contributed by atoms with van der Waals surface area (Å²) in [7, 11) is 0. The Kier molecular flexibility index (Phi) is 13.7. The molecule has 3 rings (SSSR count). The van der Waals surface area contributed by atoms with Crippen LogP contribution in [0.3, 0.4) is 0 Å². The molecular formula is C35H45N3O9. The summed E-state index contributed by atoms with van der Waals surface area (Å²) >= 11 is 0. The lowest BCUT2D eigenvalue weighted by atomic mass is 9.69. The van der Waals surface area contributed by atoms with E-state index in [9.17, 15) is 34.8 Å². The molecule has 0 fully saturated rings. The smallest absolute Gasteiger partial charge is 0.329 e. The zero-order chi connectivity index (χ0) is 34.7. The number of benzene rings is 3. The van der Waals surface area contributed by atoms with Gasteiger partial charge < -0.3 is 41.1 Å². The van der Waals surface area contributed by atoms with Gasteiger partial charge in [-0.3, -0.25) is 14.4 Å². The minimum absolute atomic E-state index is 0.172. The second-order valence-corrected chi connectivity index (χ2v) is 12.3. The van der Waals surface area contributed by atoms with Gasteiger partial charge in [0, 0.05) is 5.92 Å². The van der Waals surface area contributed by atoms with Gasteiger partial charge in [-0.15, -0.1) is 0 Å². The van der Waals surface area contributed by atoms with E-state index in [0.717, 1.165) is 0 Å². The fraction of sp³-hybridized carbons (Fsp3) is 0.400. The van der Waals surface area contributed by atoms with Crippen LogP contribution in [0.1, 0.15) is 49.3 Å². The highest BCUT2D eigenvalue weighted by Crippen LogP contribution is 2.42. The molecule has 0 saturated carbocycles. The van der Waals surface area contributed by atoms with E-state index < -0.39 is 78.0 Å². The largest absolute Gasteiger partial charge is 0.394 e. The van der Waals surface area contributed by atoms with Crippen LogP contribution in [0.5, 0.6) is 0 Å². The van der Waals surface area contributed by atoms with Crippen LogP contribution in [0.15, 0.2) is 91.0 Å². The Morgan fingerprint density at radius 3 is 1.68 bits per heavy atom. The summed E-state index contributed by atoms with van der Waals surface area (Å²) in [4.78, 5) is 45.3. The Labute approximate surface area is 274 Å². The zero-order valence-corrected chi connectivity index (χ0v) is 26.7. The van der Waals surface area contributed by atoms with Crippen molar-refractivity contribution in [3.05, 3.63) is 108 Å². The summed E-state index contributed by atoms with van der Waals surface area (Å²) in [5, 5.41) is 45.7. The second-order valence-electron chi connectivity index (χ2n) is 12.3. The van der Waals surface area contributed by atoms with Gasteiger partial charge in [0.05, 0.1) is 36.7 Å². The van der Waals surface area contributed by atoms with Gasteiger partial charge in [-0.25, -0.2) is 0 Å². The van der Waals surface area contributed by atoms with Crippen molar-refractivity contribution in [1.29, 1.82) is 0 Å². The number of aliphatic hydroxyl groups excluding tert-OH is 4. The summed E-state index contributed by atoms with van der Waals surface area (Å²) < 4.78 is 5.52. The highest BCUT2D eigenvalue weighted by Gasteiger charge is 2.47. The monoisotopic (exact) mass is 651 g/mol. The molecular weight excluding hydrogens is 606 g/mol. The van der Waals surface area contributed by atoms with E-state index >= 15 is 0 Å². The Hall–Kier alpha value is -4.01. The fourth-order valence-electron chi connectivity index (χ4n) is 5.40. The molecule has 0 saturated heterocycles. The van der Waals surface area contributed by atoms with Gasteiger partial charge >= 0.3 is 5.97 Å². The summed E-state index contributed by atoms with van der Waals surface area (Å²) in [6.45, 7) is 4.28. The Balaban J connectivity index is 2.00. The van der Waals surface area contributed by atoms with E-state index in [2.05, 4.69) is 5.32 Å². The first-order chi connectivity index (χ1) is 22.3. The number of hydrogen-bond donors (Lipinski definition) is 7. The topological polar surface area (TPSA) is 215 Å². The predicted octanol–water partition coefficient (Wildman–Crippen LogP) is 0.907. The molecule has 3 aromatic carbocycles. The van der Waals surface area contributed by atoms with Gasteiger partial charge in [-0.1, -0.05) is 91.0 Å². The summed E-state index contributed by atoms with van der Waals surface area (Å²) in [6.07, 6.45) is -6.54. The number of carbonyl (C=O) groups is 3. The highest BCUT2D eigenvalue weighted by atomic mass is 16.7. The normalized spacial score (nSPS) is 16.3. The Morgan fingerprint density at radius 2 is 1.26 bits per heavy atom. The molecule has 0 bridgehead atoms. The number of aliphatic hydroxyl groups is 4. The molecule has 9 N–H and O–H groups in total. The molecule has 0 aliphatic rings. The summed E-state index contributed by atoms with van der Waals surface area (Å²) in [6, 6.07) is 23.2. The van der Waals surface area contributed by atoms with Crippen LogP contribution in [-0.4, -0.2) is 87.3 Å². The van der Waals surface area contributed by atoms with Crippen LogP contribution >= 0.6 is 0 Å². The van der Waals surface area contributed by atoms with Crippen molar-refractivity contribution in [2.45, 2.75) is 68.6 Å². The van der Waals surface area contributed by atoms with Crippen LogP contribution in [0.4, 0.5) is 0 Å². The SMILES string of the molecule is CC(C)(C)OC[C@H](N)C(=O)N[C@@H](CO)[C@@H](O)[C@@H](O)[C@H](O)C(=O)C(c1ccccc1)[C@@H](C(=O)ON)C(c1ccccc1)c1ccccc1. The van der Waals surface area contributed by atoms with Crippen LogP contribution in [0.25, 0.3) is 0 Å². The zero-order valence-electron chi connectivity index (χ0n) is 26.7. The molecule has 0 aliphatic heterocycles. The molecule has 1 unspecified atom stereocenters. The number of nitrogens with two attached hydrogens (primary N) is 2. The van der Waals surface area contributed by atoms with E-state index in [1.165, 1.54) is 0 Å². The standard InChI is InChI=1S/C35H45N3O9/c1-35(2,3)46-20-24(36)33(44)38-25(19-39)29(40)31(42)32(43)30(41)27(23-17-11-6-12-18-23)28(34(45)47-37)26(21-13-7-4-8-14-21)22-15-9-5-10-16-22/h4-18,24-29,31-32,39-40,42-43H,19-20,36-37H2,1-3H3,(H,38,44)/t24-,25-,27?,28-,29+,31+,32+/m0/s1. The number of nitrogens with one attached hydrogen (secondary N) is 1. The average molecular weight is 652 g/mol. The third-order valence-corrected chi connectivity index (χ3v) is 7.82. The van der Waals surface area contributed by atoms with Gasteiger partial charge in [-0.05, 0) is 37.5 Å². The van der Waals surface area contributed by atoms with Gasteiger partial charge in [0.2, 0.25) is 5.91 Å². The highest BCUT2D eigenvalue weighted by molar-refractivity contribution is 5.95. The molecule has 0 radical (unpaired) electrons. The van der Waals surface area contributed by atoms with E-state index in [-0.39, 0.29) is 6.61 Å². The quantitative estimate of drug-likeness (QED) is 0.108. The minimum atomic E-state index is -2.29. The second kappa shape index (κ2) is 17.2. The molecule has 12 heteroatoms. The maximum absolute atomic E-state index is 14.3. The minimum Gasteiger partial charge on any atom is -0.394 e. The molecule has 47 heavy (non-hydrogen) atoms. The molecule has 0 heterocycles. The number of hydrogen-bond acceptors (Lipinski definition) is 11. The maximum Gasteiger partial charge on any atom is 0.329 e. The van der Waals surface area contributed by atoms with Crippen molar-refractivity contribution in [3.63, 3.8) is 0 Å². The van der Waals surface area contributed by atoms with Crippen molar-refractivity contribution >= 4 is 17.7 Å². The molecule has 1 amide bonds. The Morgan fingerprint density at radius 1 is 0.787 bits per heavy atom. The predicted molar refractivity (Wildman–Crippen MR) is 173 cm³/mol. The molecule has 0 aliphatic carbocycles. The number of Topliss-reactive ketones (excluding diaryl/α,β-unsaturated/α-hetero) is 1. The van der Waals surface area contributed by atoms with Gasteiger partial charge in [0.15, 0.2) is 5.78 Å². The molecule has 0 aromatic heterocycles. The number of ketones is 1. The third kappa shape index (κ3) is 9.99. The lowest BCUT2D eigenvalue weighted by Crippen LogP contribution is -2.58. The lowest BCUT2D eigenvalue weighted by Gasteiger charge is -2.35. The van der Waals surface area contributed by atoms with E-state index in [0.29, 0.717) is 16.7 Å². The Bertz CT molecular complexity index is 1380. The van der Waals surface area contributed by atoms with Crippen molar-refractivity contribution < 1.29 is 44.4 Å². The van der Waals surface area contributed by atoms with E-state index in [4.69, 9.17) is 21.2 Å². The number of amides is 1. The number of carbonyl (C=O) groups excluding carboxylic acids is 3. The number of rotatable bonds is 16.